The molecule has 0 saturated carbocycles. The maximum atomic E-state index is 13.6. The average Bonchev–Trinajstić information content (AvgIpc) is 2.88. The first-order valence-corrected chi connectivity index (χ1v) is 12.9. The van der Waals surface area contributed by atoms with Gasteiger partial charge in [0.1, 0.15) is 17.2 Å². The third-order valence-electron chi connectivity index (χ3n) is 6.46. The number of amides is 2. The number of nitrogens with one attached hydrogen (secondary N) is 2. The molecule has 37 heavy (non-hydrogen) atoms. The molecule has 2 amide bonds. The Balaban J connectivity index is 2.11. The Hall–Kier alpha value is -3.74. The second-order valence-corrected chi connectivity index (χ2v) is 9.72. The lowest BCUT2D eigenvalue weighted by Gasteiger charge is -2.21. The molecule has 0 spiro atoms. The molecule has 0 unspecified atom stereocenters. The number of benzene rings is 2. The van der Waals surface area contributed by atoms with Crippen LogP contribution in [0, 0.1) is 0 Å². The van der Waals surface area contributed by atoms with E-state index in [2.05, 4.69) is 45.3 Å². The minimum absolute atomic E-state index is 0.191. The molecule has 0 aliphatic rings. The molecule has 0 saturated heterocycles. The molecule has 7 nitrogen and oxygen atoms in total. The molecule has 0 aliphatic heterocycles. The quantitative estimate of drug-likeness (QED) is 0.305. The van der Waals surface area contributed by atoms with Crippen molar-refractivity contribution in [2.75, 3.05) is 24.9 Å². The minimum Gasteiger partial charge on any atom is -0.497 e. The molecule has 0 aliphatic carbocycles. The van der Waals surface area contributed by atoms with E-state index in [9.17, 15) is 9.59 Å². The molecular weight excluding hydrogens is 466 g/mol. The number of aryl methyl sites for hydroxylation is 1. The Bertz CT molecular complexity index is 1270. The number of anilines is 2. The van der Waals surface area contributed by atoms with Crippen molar-refractivity contribution in [3.8, 4) is 22.6 Å². The van der Waals surface area contributed by atoms with Crippen LogP contribution in [-0.2, 0) is 6.54 Å². The molecule has 0 fully saturated rings. The van der Waals surface area contributed by atoms with E-state index in [1.165, 1.54) is 0 Å². The normalized spacial score (nSPS) is 11.1. The summed E-state index contributed by atoms with van der Waals surface area (Å²) in [7, 11) is 3.16. The van der Waals surface area contributed by atoms with Crippen molar-refractivity contribution in [2.24, 2.45) is 0 Å². The van der Waals surface area contributed by atoms with Gasteiger partial charge in [-0.25, -0.2) is 4.79 Å². The molecule has 3 aromatic rings. The van der Waals surface area contributed by atoms with Gasteiger partial charge in [0.15, 0.2) is 0 Å². The van der Waals surface area contributed by atoms with E-state index < -0.39 is 6.03 Å². The van der Waals surface area contributed by atoms with E-state index in [1.807, 2.05) is 24.3 Å². The van der Waals surface area contributed by atoms with Gasteiger partial charge < -0.3 is 24.7 Å². The van der Waals surface area contributed by atoms with Gasteiger partial charge in [-0.05, 0) is 53.6 Å². The zero-order chi connectivity index (χ0) is 27.1. The van der Waals surface area contributed by atoms with Crippen LogP contribution >= 0.6 is 0 Å². The van der Waals surface area contributed by atoms with Crippen molar-refractivity contribution in [3.05, 3.63) is 70.1 Å². The Morgan fingerprint density at radius 1 is 0.892 bits per heavy atom. The number of methoxy groups -OCH3 is 2. The van der Waals surface area contributed by atoms with Gasteiger partial charge in [-0.1, -0.05) is 59.2 Å². The summed E-state index contributed by atoms with van der Waals surface area (Å²) in [6.45, 7) is 11.0. The Kier molecular flexibility index (Phi) is 9.39. The van der Waals surface area contributed by atoms with Crippen LogP contribution < -0.4 is 25.7 Å². The number of nitrogens with zero attached hydrogens (tertiary/aromatic N) is 1. The van der Waals surface area contributed by atoms with Gasteiger partial charge in [0.25, 0.3) is 5.56 Å². The van der Waals surface area contributed by atoms with E-state index in [0.29, 0.717) is 29.2 Å². The molecule has 2 N–H and O–H groups in total. The van der Waals surface area contributed by atoms with Crippen molar-refractivity contribution in [1.29, 1.82) is 0 Å². The number of hydrogen-bond donors (Lipinski definition) is 2. The van der Waals surface area contributed by atoms with Gasteiger partial charge in [-0.3, -0.25) is 4.79 Å². The highest BCUT2D eigenvalue weighted by Gasteiger charge is 2.21. The van der Waals surface area contributed by atoms with Crippen LogP contribution in [-0.4, -0.2) is 24.8 Å². The summed E-state index contributed by atoms with van der Waals surface area (Å²) in [5.74, 6) is 1.62. The number of urea groups is 1. The van der Waals surface area contributed by atoms with Gasteiger partial charge in [-0.2, -0.15) is 0 Å². The SMILES string of the molecule is CCCCn1ccc(-c2cc(OC)ccc2OC)c(NC(=O)Nc2c(C(C)C)cccc2C(C)C)c1=O. The highest BCUT2D eigenvalue weighted by molar-refractivity contribution is 6.03. The lowest BCUT2D eigenvalue weighted by atomic mass is 9.93. The van der Waals surface area contributed by atoms with Crippen molar-refractivity contribution < 1.29 is 14.3 Å². The van der Waals surface area contributed by atoms with E-state index in [1.54, 1.807) is 43.2 Å². The first-order valence-electron chi connectivity index (χ1n) is 12.9. The van der Waals surface area contributed by atoms with Crippen LogP contribution in [0.2, 0.25) is 0 Å². The highest BCUT2D eigenvalue weighted by atomic mass is 16.5. The number of carbonyl (C=O) groups excluding carboxylic acids is 1. The Morgan fingerprint density at radius 3 is 2.11 bits per heavy atom. The van der Waals surface area contributed by atoms with E-state index in [0.717, 1.165) is 29.7 Å². The van der Waals surface area contributed by atoms with Crippen molar-refractivity contribution >= 4 is 17.4 Å². The fourth-order valence-electron chi connectivity index (χ4n) is 4.40. The predicted molar refractivity (Wildman–Crippen MR) is 151 cm³/mol. The summed E-state index contributed by atoms with van der Waals surface area (Å²) in [5.41, 5.74) is 4.01. The van der Waals surface area contributed by atoms with Crippen molar-refractivity contribution in [2.45, 2.75) is 65.8 Å². The summed E-state index contributed by atoms with van der Waals surface area (Å²) in [6.07, 6.45) is 3.57. The van der Waals surface area contributed by atoms with Crippen molar-refractivity contribution in [1.82, 2.24) is 4.57 Å². The predicted octanol–water partition coefficient (Wildman–Crippen LogP) is 7.22. The van der Waals surface area contributed by atoms with Crippen LogP contribution in [0.15, 0.2) is 53.5 Å². The first kappa shape index (κ1) is 27.8. The second kappa shape index (κ2) is 12.5. The number of para-hydroxylation sites is 1. The third-order valence-corrected chi connectivity index (χ3v) is 6.46. The maximum absolute atomic E-state index is 13.6. The largest absolute Gasteiger partial charge is 0.497 e. The van der Waals surface area contributed by atoms with Gasteiger partial charge in [0.05, 0.1) is 14.2 Å². The topological polar surface area (TPSA) is 81.6 Å². The Labute approximate surface area is 219 Å². The number of ether oxygens (including phenoxy) is 2. The minimum atomic E-state index is -0.469. The van der Waals surface area contributed by atoms with Gasteiger partial charge in [0, 0.05) is 29.6 Å². The van der Waals surface area contributed by atoms with Crippen LogP contribution in [0.4, 0.5) is 16.2 Å². The standard InChI is InChI=1S/C30H39N3O4/c1-8-9-16-33-17-15-24(25-18-21(36-6)13-14-26(25)37-7)28(29(33)34)32-30(35)31-27-22(19(2)3)11-10-12-23(27)20(4)5/h10-15,17-20H,8-9,16H2,1-7H3,(H2,31,32,35). The molecule has 0 bridgehead atoms. The van der Waals surface area contributed by atoms with E-state index >= 15 is 0 Å². The Morgan fingerprint density at radius 2 is 1.54 bits per heavy atom. The number of aromatic nitrogens is 1. The zero-order valence-corrected chi connectivity index (χ0v) is 23.0. The molecular formula is C30H39N3O4. The molecule has 0 atom stereocenters. The van der Waals surface area contributed by atoms with Crippen LogP contribution in [0.3, 0.4) is 0 Å². The lowest BCUT2D eigenvalue weighted by Crippen LogP contribution is -2.29. The number of rotatable bonds is 10. The van der Waals surface area contributed by atoms with Gasteiger partial charge in [0.2, 0.25) is 0 Å². The summed E-state index contributed by atoms with van der Waals surface area (Å²) >= 11 is 0. The first-order chi connectivity index (χ1) is 17.7. The lowest BCUT2D eigenvalue weighted by molar-refractivity contribution is 0.262. The molecule has 3 rings (SSSR count). The summed E-state index contributed by atoms with van der Waals surface area (Å²) < 4.78 is 12.6. The summed E-state index contributed by atoms with van der Waals surface area (Å²) in [5, 5.41) is 5.94. The summed E-state index contributed by atoms with van der Waals surface area (Å²) in [6, 6.07) is 12.8. The number of carbonyl (C=O) groups is 1. The number of pyridine rings is 1. The number of hydrogen-bond acceptors (Lipinski definition) is 4. The molecule has 198 valence electrons. The molecule has 1 aromatic heterocycles. The highest BCUT2D eigenvalue weighted by Crippen LogP contribution is 2.37. The smallest absolute Gasteiger partial charge is 0.323 e. The molecule has 2 aromatic carbocycles. The van der Waals surface area contributed by atoms with Crippen LogP contribution in [0.1, 0.15) is 70.4 Å². The van der Waals surface area contributed by atoms with Crippen molar-refractivity contribution in [3.63, 3.8) is 0 Å². The fourth-order valence-corrected chi connectivity index (χ4v) is 4.40. The third kappa shape index (κ3) is 6.34. The van der Waals surface area contributed by atoms with Crippen LogP contribution in [0.25, 0.3) is 11.1 Å². The maximum Gasteiger partial charge on any atom is 0.323 e. The number of unbranched alkanes of at least 4 members (excludes halogenated alkanes) is 1. The molecule has 1 heterocycles. The van der Waals surface area contributed by atoms with E-state index in [-0.39, 0.29) is 23.1 Å². The van der Waals surface area contributed by atoms with E-state index in [4.69, 9.17) is 9.47 Å². The summed E-state index contributed by atoms with van der Waals surface area (Å²) in [4.78, 5) is 27.1. The fraction of sp³-hybridized carbons (Fsp3) is 0.400. The van der Waals surface area contributed by atoms with Gasteiger partial charge in [-0.15, -0.1) is 0 Å². The molecule has 7 heteroatoms. The van der Waals surface area contributed by atoms with Gasteiger partial charge >= 0.3 is 6.03 Å². The second-order valence-electron chi connectivity index (χ2n) is 9.72. The average molecular weight is 506 g/mol. The monoisotopic (exact) mass is 505 g/mol. The zero-order valence-electron chi connectivity index (χ0n) is 23.0. The van der Waals surface area contributed by atoms with Crippen LogP contribution in [0.5, 0.6) is 11.5 Å². The molecule has 0 radical (unpaired) electrons.